The lowest BCUT2D eigenvalue weighted by Gasteiger charge is -2.17. The van der Waals surface area contributed by atoms with Crippen LogP contribution >= 0.6 is 11.3 Å². The zero-order valence-corrected chi connectivity index (χ0v) is 14.9. The van der Waals surface area contributed by atoms with Crippen LogP contribution in [-0.4, -0.2) is 19.7 Å². The highest BCUT2D eigenvalue weighted by atomic mass is 32.1. The van der Waals surface area contributed by atoms with Gasteiger partial charge in [-0.2, -0.15) is 4.98 Å². The first-order valence-corrected chi connectivity index (χ1v) is 9.16. The number of fused-ring (bicyclic) bond motifs is 3. The molecular weight excluding hydrogens is 324 g/mol. The summed E-state index contributed by atoms with van der Waals surface area (Å²) in [4.78, 5) is 24.0. The molecule has 3 aromatic heterocycles. The van der Waals surface area contributed by atoms with Crippen molar-refractivity contribution in [1.29, 1.82) is 0 Å². The zero-order valence-electron chi connectivity index (χ0n) is 14.1. The van der Waals surface area contributed by atoms with Crippen molar-refractivity contribution >= 4 is 21.6 Å². The number of hydrogen-bond acceptors (Lipinski definition) is 6. The summed E-state index contributed by atoms with van der Waals surface area (Å²) < 4.78 is 6.80. The minimum atomic E-state index is 0.00273. The Balaban J connectivity index is 1.74. The summed E-state index contributed by atoms with van der Waals surface area (Å²) in [5.41, 5.74) is 1.21. The Morgan fingerprint density at radius 3 is 3.04 bits per heavy atom. The van der Waals surface area contributed by atoms with Gasteiger partial charge in [0.25, 0.3) is 5.56 Å². The Hall–Kier alpha value is -2.02. The van der Waals surface area contributed by atoms with Crippen LogP contribution in [0.25, 0.3) is 10.2 Å². The number of rotatable bonds is 3. The highest BCUT2D eigenvalue weighted by Gasteiger charge is 2.23. The third-order valence-electron chi connectivity index (χ3n) is 4.57. The number of thiophene rings is 1. The van der Waals surface area contributed by atoms with Gasteiger partial charge in [-0.25, -0.2) is 4.98 Å². The molecule has 0 unspecified atom stereocenters. The first-order valence-electron chi connectivity index (χ1n) is 8.35. The fourth-order valence-corrected chi connectivity index (χ4v) is 4.54. The molecule has 0 aliphatic heterocycles. The first-order chi connectivity index (χ1) is 11.5. The molecule has 0 fully saturated rings. The van der Waals surface area contributed by atoms with E-state index in [4.69, 9.17) is 4.52 Å². The molecular formula is C17H20N4O2S. The Kier molecular flexibility index (Phi) is 3.75. The van der Waals surface area contributed by atoms with Crippen LogP contribution in [0.4, 0.5) is 0 Å². The quantitative estimate of drug-likeness (QED) is 0.730. The molecule has 3 heterocycles. The molecule has 0 radical (unpaired) electrons. The molecule has 4 rings (SSSR count). The fourth-order valence-electron chi connectivity index (χ4n) is 3.20. The van der Waals surface area contributed by atoms with Crippen LogP contribution < -0.4 is 5.56 Å². The van der Waals surface area contributed by atoms with Gasteiger partial charge in [-0.05, 0) is 30.7 Å². The Labute approximate surface area is 143 Å². The standard InChI is InChI=1S/C17H20N4O2S/c1-9(2)15-19-13(20-23-15)7-21-8-18-16-14(17(21)22)11-5-4-10(3)6-12(11)24-16/h8-10H,4-7H2,1-3H3/t10-/m1/s1. The van der Waals surface area contributed by atoms with E-state index in [1.165, 1.54) is 10.4 Å². The van der Waals surface area contributed by atoms with Crippen molar-refractivity contribution in [3.05, 3.63) is 38.8 Å². The van der Waals surface area contributed by atoms with Crippen molar-refractivity contribution in [3.8, 4) is 0 Å². The van der Waals surface area contributed by atoms with E-state index in [2.05, 4.69) is 22.0 Å². The average molecular weight is 344 g/mol. The van der Waals surface area contributed by atoms with Gasteiger partial charge >= 0.3 is 0 Å². The van der Waals surface area contributed by atoms with Crippen LogP contribution in [0.2, 0.25) is 0 Å². The summed E-state index contributed by atoms with van der Waals surface area (Å²) in [5.74, 6) is 1.96. The van der Waals surface area contributed by atoms with Crippen LogP contribution in [0.3, 0.4) is 0 Å². The van der Waals surface area contributed by atoms with E-state index in [0.29, 0.717) is 24.2 Å². The summed E-state index contributed by atoms with van der Waals surface area (Å²) >= 11 is 1.67. The van der Waals surface area contributed by atoms with Gasteiger partial charge in [0.05, 0.1) is 18.3 Å². The second-order valence-electron chi connectivity index (χ2n) is 6.91. The van der Waals surface area contributed by atoms with Gasteiger partial charge in [0, 0.05) is 10.8 Å². The normalized spacial score (nSPS) is 17.6. The van der Waals surface area contributed by atoms with Gasteiger partial charge in [0.15, 0.2) is 5.82 Å². The maximum atomic E-state index is 12.9. The van der Waals surface area contributed by atoms with Gasteiger partial charge in [-0.15, -0.1) is 11.3 Å². The van der Waals surface area contributed by atoms with Crippen molar-refractivity contribution in [3.63, 3.8) is 0 Å². The maximum Gasteiger partial charge on any atom is 0.262 e. The molecule has 6 nitrogen and oxygen atoms in total. The molecule has 0 aromatic carbocycles. The Morgan fingerprint density at radius 1 is 1.46 bits per heavy atom. The third-order valence-corrected chi connectivity index (χ3v) is 5.73. The third kappa shape index (κ3) is 2.56. The second-order valence-corrected chi connectivity index (χ2v) is 8.00. The maximum absolute atomic E-state index is 12.9. The first kappa shape index (κ1) is 15.5. The van der Waals surface area contributed by atoms with E-state index in [0.717, 1.165) is 29.5 Å². The summed E-state index contributed by atoms with van der Waals surface area (Å²) in [5, 5.41) is 4.76. The van der Waals surface area contributed by atoms with Crippen molar-refractivity contribution < 1.29 is 4.52 Å². The van der Waals surface area contributed by atoms with Crippen LogP contribution in [0.1, 0.15) is 55.3 Å². The Morgan fingerprint density at radius 2 is 2.29 bits per heavy atom. The van der Waals surface area contributed by atoms with E-state index < -0.39 is 0 Å². The van der Waals surface area contributed by atoms with Crippen molar-refractivity contribution in [2.24, 2.45) is 5.92 Å². The fraction of sp³-hybridized carbons (Fsp3) is 0.529. The van der Waals surface area contributed by atoms with Gasteiger partial charge in [-0.1, -0.05) is 25.9 Å². The van der Waals surface area contributed by atoms with Crippen molar-refractivity contribution in [2.75, 3.05) is 0 Å². The van der Waals surface area contributed by atoms with E-state index in [9.17, 15) is 4.79 Å². The predicted molar refractivity (Wildman–Crippen MR) is 92.6 cm³/mol. The summed E-state index contributed by atoms with van der Waals surface area (Å²) in [7, 11) is 0. The molecule has 1 aliphatic carbocycles. The molecule has 0 bridgehead atoms. The predicted octanol–water partition coefficient (Wildman–Crippen LogP) is 3.14. The minimum Gasteiger partial charge on any atom is -0.339 e. The van der Waals surface area contributed by atoms with E-state index in [1.807, 2.05) is 13.8 Å². The van der Waals surface area contributed by atoms with Crippen LogP contribution in [0.15, 0.2) is 15.6 Å². The van der Waals surface area contributed by atoms with Crippen molar-refractivity contribution in [2.45, 2.75) is 52.5 Å². The minimum absolute atomic E-state index is 0.00273. The van der Waals surface area contributed by atoms with Gasteiger partial charge in [-0.3, -0.25) is 9.36 Å². The van der Waals surface area contributed by atoms with Crippen LogP contribution in [0, 0.1) is 5.92 Å². The molecule has 0 saturated heterocycles. The second kappa shape index (κ2) is 5.81. The number of aromatic nitrogens is 4. The smallest absolute Gasteiger partial charge is 0.262 e. The van der Waals surface area contributed by atoms with Gasteiger partial charge in [0.2, 0.25) is 5.89 Å². The SMILES string of the molecule is CC(C)c1nc(Cn2cnc3sc4c(c3c2=O)CC[C@@H](C)C4)no1. The topological polar surface area (TPSA) is 73.8 Å². The molecule has 24 heavy (non-hydrogen) atoms. The average Bonchev–Trinajstić information content (AvgIpc) is 3.14. The summed E-state index contributed by atoms with van der Waals surface area (Å²) in [6, 6.07) is 0. The zero-order chi connectivity index (χ0) is 16.8. The lowest BCUT2D eigenvalue weighted by atomic mass is 9.89. The molecule has 7 heteroatoms. The highest BCUT2D eigenvalue weighted by Crippen LogP contribution is 2.35. The van der Waals surface area contributed by atoms with E-state index >= 15 is 0 Å². The molecule has 0 spiro atoms. The molecule has 1 aliphatic rings. The lowest BCUT2D eigenvalue weighted by Crippen LogP contribution is -2.22. The number of nitrogens with zero attached hydrogens (tertiary/aromatic N) is 4. The number of aryl methyl sites for hydroxylation is 1. The number of hydrogen-bond donors (Lipinski definition) is 0. The van der Waals surface area contributed by atoms with Crippen LogP contribution in [0.5, 0.6) is 0 Å². The van der Waals surface area contributed by atoms with E-state index in [-0.39, 0.29) is 11.5 Å². The van der Waals surface area contributed by atoms with Gasteiger partial charge < -0.3 is 4.52 Å². The molecule has 0 N–H and O–H groups in total. The lowest BCUT2D eigenvalue weighted by molar-refractivity contribution is 0.359. The molecule has 3 aromatic rings. The monoisotopic (exact) mass is 344 g/mol. The van der Waals surface area contributed by atoms with Gasteiger partial charge in [0.1, 0.15) is 4.83 Å². The molecule has 0 saturated carbocycles. The molecule has 0 amide bonds. The molecule has 126 valence electrons. The van der Waals surface area contributed by atoms with Crippen LogP contribution in [-0.2, 0) is 19.4 Å². The highest BCUT2D eigenvalue weighted by molar-refractivity contribution is 7.18. The largest absolute Gasteiger partial charge is 0.339 e. The molecule has 1 atom stereocenters. The summed E-state index contributed by atoms with van der Waals surface area (Å²) in [6.45, 7) is 6.55. The van der Waals surface area contributed by atoms with Crippen molar-refractivity contribution in [1.82, 2.24) is 19.7 Å². The summed E-state index contributed by atoms with van der Waals surface area (Å²) in [6.07, 6.45) is 4.76. The van der Waals surface area contributed by atoms with E-state index in [1.54, 1.807) is 22.2 Å². The Bertz CT molecular complexity index is 953.